The lowest BCUT2D eigenvalue weighted by atomic mass is 9.78. The zero-order valence-corrected chi connectivity index (χ0v) is 20.1. The van der Waals surface area contributed by atoms with Crippen molar-refractivity contribution >= 4 is 5.97 Å². The number of ether oxygens (including phenoxy) is 1. The fourth-order valence-electron chi connectivity index (χ4n) is 3.58. The molecule has 0 bridgehead atoms. The Balaban J connectivity index is 2.25. The summed E-state index contributed by atoms with van der Waals surface area (Å²) in [6.45, 7) is 18.9. The summed E-state index contributed by atoms with van der Waals surface area (Å²) in [5, 5.41) is 10.9. The predicted octanol–water partition coefficient (Wildman–Crippen LogP) is 6.82. The van der Waals surface area contributed by atoms with Crippen LogP contribution in [0.2, 0.25) is 0 Å². The number of esters is 1. The van der Waals surface area contributed by atoms with Gasteiger partial charge in [0.25, 0.3) is 0 Å². The zero-order chi connectivity index (χ0) is 22.9. The molecule has 164 valence electrons. The van der Waals surface area contributed by atoms with E-state index in [-0.39, 0.29) is 28.6 Å². The molecule has 0 spiro atoms. The van der Waals surface area contributed by atoms with Crippen LogP contribution in [0, 0.1) is 0 Å². The first-order chi connectivity index (χ1) is 13.6. The van der Waals surface area contributed by atoms with Gasteiger partial charge in [-0.3, -0.25) is 4.79 Å². The van der Waals surface area contributed by atoms with E-state index in [1.165, 1.54) is 0 Å². The van der Waals surface area contributed by atoms with Crippen molar-refractivity contribution in [2.45, 2.75) is 91.4 Å². The number of aryl methyl sites for hydroxylation is 1. The number of rotatable bonds is 4. The molecule has 0 amide bonds. The topological polar surface area (TPSA) is 46.5 Å². The van der Waals surface area contributed by atoms with Crippen LogP contribution in [-0.4, -0.2) is 11.1 Å². The summed E-state index contributed by atoms with van der Waals surface area (Å²) in [5.74, 6) is 0.751. The first-order valence-corrected chi connectivity index (χ1v) is 10.8. The van der Waals surface area contributed by atoms with E-state index in [0.717, 1.165) is 22.3 Å². The second-order valence-electron chi connectivity index (χ2n) is 11.3. The Labute approximate surface area is 182 Å². The lowest BCUT2D eigenvalue weighted by Gasteiger charge is -2.28. The summed E-state index contributed by atoms with van der Waals surface area (Å²) in [5.41, 5.74) is 3.42. The predicted molar refractivity (Wildman–Crippen MR) is 125 cm³/mol. The number of benzene rings is 2. The van der Waals surface area contributed by atoms with Gasteiger partial charge in [0.1, 0.15) is 11.5 Å². The lowest BCUT2D eigenvalue weighted by Crippen LogP contribution is -2.19. The number of carbonyl (C=O) groups excluding carboxylic acids is 1. The maximum absolute atomic E-state index is 12.6. The molecule has 0 aliphatic carbocycles. The SMILES string of the molecule is CC(C)(C)c1ccccc1OC(=O)CCc1cc(C(C)(C)C)c(O)c(C(C)(C)C)c1. The van der Waals surface area contributed by atoms with Crippen molar-refractivity contribution in [3.8, 4) is 11.5 Å². The number of aromatic hydroxyl groups is 1. The van der Waals surface area contributed by atoms with Crippen molar-refractivity contribution in [1.29, 1.82) is 0 Å². The van der Waals surface area contributed by atoms with Gasteiger partial charge in [0.2, 0.25) is 0 Å². The van der Waals surface area contributed by atoms with Crippen LogP contribution in [0.1, 0.15) is 91.0 Å². The van der Waals surface area contributed by atoms with Crippen LogP contribution in [0.5, 0.6) is 11.5 Å². The minimum Gasteiger partial charge on any atom is -0.507 e. The number of phenolic OH excluding ortho intramolecular Hbond substituents is 1. The molecule has 1 N–H and O–H groups in total. The van der Waals surface area contributed by atoms with Crippen molar-refractivity contribution in [3.05, 3.63) is 58.7 Å². The van der Waals surface area contributed by atoms with Crippen LogP contribution in [0.4, 0.5) is 0 Å². The van der Waals surface area contributed by atoms with E-state index >= 15 is 0 Å². The fraction of sp³-hybridized carbons (Fsp3) is 0.519. The van der Waals surface area contributed by atoms with Crippen LogP contribution in [0.3, 0.4) is 0 Å². The van der Waals surface area contributed by atoms with Crippen LogP contribution in [-0.2, 0) is 27.5 Å². The molecule has 2 aromatic rings. The minimum atomic E-state index is -0.241. The standard InChI is InChI=1S/C27H38O3/c1-25(2,3)19-12-10-11-13-22(19)30-23(28)15-14-18-16-20(26(4,5)6)24(29)21(17-18)27(7,8)9/h10-13,16-17,29H,14-15H2,1-9H3. The minimum absolute atomic E-state index is 0.100. The second-order valence-corrected chi connectivity index (χ2v) is 11.3. The van der Waals surface area contributed by atoms with Crippen LogP contribution in [0.15, 0.2) is 36.4 Å². The molecule has 0 heterocycles. The van der Waals surface area contributed by atoms with Gasteiger partial charge in [-0.1, -0.05) is 92.6 Å². The van der Waals surface area contributed by atoms with Gasteiger partial charge in [-0.05, 0) is 45.4 Å². The van der Waals surface area contributed by atoms with Crippen molar-refractivity contribution in [3.63, 3.8) is 0 Å². The molecule has 2 aromatic carbocycles. The van der Waals surface area contributed by atoms with Gasteiger partial charge in [0.05, 0.1) is 0 Å². The highest BCUT2D eigenvalue weighted by Crippen LogP contribution is 2.40. The lowest BCUT2D eigenvalue weighted by molar-refractivity contribution is -0.134. The van der Waals surface area contributed by atoms with Crippen molar-refractivity contribution in [2.75, 3.05) is 0 Å². The Morgan fingerprint density at radius 2 is 1.27 bits per heavy atom. The molecule has 0 atom stereocenters. The Bertz CT molecular complexity index is 868. The monoisotopic (exact) mass is 410 g/mol. The highest BCUT2D eigenvalue weighted by atomic mass is 16.5. The molecule has 0 aliphatic rings. The molecule has 3 heteroatoms. The van der Waals surface area contributed by atoms with Crippen molar-refractivity contribution < 1.29 is 14.6 Å². The molecule has 0 radical (unpaired) electrons. The fourth-order valence-corrected chi connectivity index (χ4v) is 3.58. The van der Waals surface area contributed by atoms with E-state index in [1.807, 2.05) is 36.4 Å². The van der Waals surface area contributed by atoms with Crippen LogP contribution < -0.4 is 4.74 Å². The Hall–Kier alpha value is -2.29. The number of phenols is 1. The Morgan fingerprint density at radius 1 is 0.800 bits per heavy atom. The molecule has 30 heavy (non-hydrogen) atoms. The van der Waals surface area contributed by atoms with Gasteiger partial charge in [0, 0.05) is 12.0 Å². The first-order valence-electron chi connectivity index (χ1n) is 10.8. The Kier molecular flexibility index (Phi) is 6.76. The normalized spacial score (nSPS) is 12.7. The first kappa shape index (κ1) is 24.0. The molecule has 0 aromatic heterocycles. The van der Waals surface area contributed by atoms with Gasteiger partial charge in [0.15, 0.2) is 0 Å². The molecule has 0 aliphatic heterocycles. The second kappa shape index (κ2) is 8.45. The van der Waals surface area contributed by atoms with Gasteiger partial charge in [-0.15, -0.1) is 0 Å². The number of carbonyl (C=O) groups is 1. The van der Waals surface area contributed by atoms with Crippen LogP contribution in [0.25, 0.3) is 0 Å². The van der Waals surface area contributed by atoms with Crippen molar-refractivity contribution in [1.82, 2.24) is 0 Å². The highest BCUT2D eigenvalue weighted by Gasteiger charge is 2.27. The molecule has 0 saturated heterocycles. The average Bonchev–Trinajstić information content (AvgIpc) is 2.58. The van der Waals surface area contributed by atoms with Gasteiger partial charge in [-0.25, -0.2) is 0 Å². The summed E-state index contributed by atoms with van der Waals surface area (Å²) >= 11 is 0. The van der Waals surface area contributed by atoms with E-state index in [1.54, 1.807) is 0 Å². The smallest absolute Gasteiger partial charge is 0.311 e. The molecular weight excluding hydrogens is 372 g/mol. The molecular formula is C27H38O3. The third kappa shape index (κ3) is 5.87. The Morgan fingerprint density at radius 3 is 1.73 bits per heavy atom. The number of hydrogen-bond donors (Lipinski definition) is 1. The van der Waals surface area contributed by atoms with E-state index in [2.05, 4.69) is 62.3 Å². The van der Waals surface area contributed by atoms with E-state index < -0.39 is 0 Å². The molecule has 0 fully saturated rings. The average molecular weight is 411 g/mol. The summed E-state index contributed by atoms with van der Waals surface area (Å²) in [4.78, 5) is 12.6. The van der Waals surface area contributed by atoms with Gasteiger partial charge in [-0.2, -0.15) is 0 Å². The van der Waals surface area contributed by atoms with Crippen molar-refractivity contribution in [2.24, 2.45) is 0 Å². The zero-order valence-electron chi connectivity index (χ0n) is 20.1. The molecule has 0 saturated carbocycles. The summed E-state index contributed by atoms with van der Waals surface area (Å²) in [6.07, 6.45) is 0.860. The molecule has 3 nitrogen and oxygen atoms in total. The summed E-state index contributed by atoms with van der Waals surface area (Å²) in [6, 6.07) is 11.8. The molecule has 0 unspecified atom stereocenters. The van der Waals surface area contributed by atoms with E-state index in [9.17, 15) is 9.90 Å². The largest absolute Gasteiger partial charge is 0.507 e. The number of para-hydroxylation sites is 1. The highest BCUT2D eigenvalue weighted by molar-refractivity contribution is 5.73. The maximum Gasteiger partial charge on any atom is 0.311 e. The third-order valence-corrected chi connectivity index (χ3v) is 5.32. The van der Waals surface area contributed by atoms with Crippen LogP contribution >= 0.6 is 0 Å². The van der Waals surface area contributed by atoms with E-state index in [0.29, 0.717) is 17.9 Å². The molecule has 2 rings (SSSR count). The number of hydrogen-bond acceptors (Lipinski definition) is 3. The summed E-state index contributed by atoms with van der Waals surface area (Å²) in [7, 11) is 0. The third-order valence-electron chi connectivity index (χ3n) is 5.32. The maximum atomic E-state index is 12.6. The van der Waals surface area contributed by atoms with Gasteiger partial charge < -0.3 is 9.84 Å². The quantitative estimate of drug-likeness (QED) is 0.444. The van der Waals surface area contributed by atoms with Gasteiger partial charge >= 0.3 is 5.97 Å². The van der Waals surface area contributed by atoms with E-state index in [4.69, 9.17) is 4.74 Å². The summed E-state index contributed by atoms with van der Waals surface area (Å²) < 4.78 is 5.72.